The Kier molecular flexibility index (Phi) is 4.77. The summed E-state index contributed by atoms with van der Waals surface area (Å²) in [5, 5.41) is 0. The van der Waals surface area contributed by atoms with Crippen LogP contribution in [0.1, 0.15) is 53.5 Å². The van der Waals surface area contributed by atoms with E-state index in [0.29, 0.717) is 11.3 Å². The van der Waals surface area contributed by atoms with Crippen molar-refractivity contribution in [1.29, 1.82) is 0 Å². The number of H-pyrrole nitrogens is 1. The summed E-state index contributed by atoms with van der Waals surface area (Å²) in [6.07, 6.45) is 5.41. The van der Waals surface area contributed by atoms with Gasteiger partial charge in [0.2, 0.25) is 0 Å². The maximum atomic E-state index is 12.6. The highest BCUT2D eigenvalue weighted by molar-refractivity contribution is 5.99. The van der Waals surface area contributed by atoms with Gasteiger partial charge < -0.3 is 14.6 Å². The van der Waals surface area contributed by atoms with Gasteiger partial charge in [-0.3, -0.25) is 14.4 Å². The second-order valence-electron chi connectivity index (χ2n) is 5.31. The zero-order valence-electron chi connectivity index (χ0n) is 12.3. The Hall–Kier alpha value is -2.11. The summed E-state index contributed by atoms with van der Waals surface area (Å²) in [6, 6.07) is 1.59. The molecule has 1 aliphatic carbocycles. The van der Waals surface area contributed by atoms with Crippen molar-refractivity contribution >= 4 is 17.7 Å². The zero-order chi connectivity index (χ0) is 15.4. The van der Waals surface area contributed by atoms with Gasteiger partial charge in [-0.05, 0) is 25.8 Å². The summed E-state index contributed by atoms with van der Waals surface area (Å²) in [7, 11) is 1.31. The first-order valence-corrected chi connectivity index (χ1v) is 7.10. The molecule has 1 fully saturated rings. The first-order chi connectivity index (χ1) is 10.0. The molecule has 0 atom stereocenters. The molecule has 0 spiro atoms. The summed E-state index contributed by atoms with van der Waals surface area (Å²) in [5.41, 5.74) is 0.791. The molecule has 6 nitrogen and oxygen atoms in total. The van der Waals surface area contributed by atoms with Crippen LogP contribution in [0.5, 0.6) is 0 Å². The van der Waals surface area contributed by atoms with Crippen LogP contribution in [0.2, 0.25) is 0 Å². The first kappa shape index (κ1) is 15.3. The third-order valence-corrected chi connectivity index (χ3v) is 3.87. The van der Waals surface area contributed by atoms with Crippen molar-refractivity contribution in [3.8, 4) is 0 Å². The van der Waals surface area contributed by atoms with Crippen molar-refractivity contribution in [1.82, 2.24) is 9.88 Å². The van der Waals surface area contributed by atoms with Crippen molar-refractivity contribution in [2.75, 3.05) is 13.7 Å². The molecule has 1 aromatic rings. The average molecular weight is 292 g/mol. The second kappa shape index (κ2) is 6.56. The van der Waals surface area contributed by atoms with Crippen LogP contribution in [0.15, 0.2) is 12.3 Å². The Morgan fingerprint density at radius 1 is 1.33 bits per heavy atom. The number of hydrogen-bond donors (Lipinski definition) is 1. The van der Waals surface area contributed by atoms with Gasteiger partial charge in [0.15, 0.2) is 5.78 Å². The number of ether oxygens (including phenoxy) is 1. The van der Waals surface area contributed by atoms with Gasteiger partial charge in [0, 0.05) is 17.8 Å². The number of carbonyl (C=O) groups excluding carboxylic acids is 3. The van der Waals surface area contributed by atoms with E-state index in [4.69, 9.17) is 0 Å². The molecule has 1 saturated carbocycles. The lowest BCUT2D eigenvalue weighted by atomic mass is 10.2. The van der Waals surface area contributed by atoms with Gasteiger partial charge in [0.05, 0.1) is 7.11 Å². The molecule has 0 bridgehead atoms. The molecule has 0 saturated heterocycles. The second-order valence-corrected chi connectivity index (χ2v) is 5.31. The predicted octanol–water partition coefficient (Wildman–Crippen LogP) is 1.78. The van der Waals surface area contributed by atoms with Crippen LogP contribution in [-0.4, -0.2) is 47.2 Å². The topological polar surface area (TPSA) is 79.5 Å². The molecule has 1 amide bonds. The number of Topliss-reactive ketones (excluding diaryl/α,β-unsaturated/α-hetero) is 1. The fourth-order valence-corrected chi connectivity index (χ4v) is 2.66. The largest absolute Gasteiger partial charge is 0.468 e. The Bertz CT molecular complexity index is 544. The van der Waals surface area contributed by atoms with E-state index in [2.05, 4.69) is 9.72 Å². The molecule has 1 N–H and O–H groups in total. The van der Waals surface area contributed by atoms with Crippen molar-refractivity contribution in [3.05, 3.63) is 23.5 Å². The highest BCUT2D eigenvalue weighted by atomic mass is 16.5. The molecular weight excluding hydrogens is 272 g/mol. The summed E-state index contributed by atoms with van der Waals surface area (Å²) in [4.78, 5) is 39.8. The number of ketones is 1. The molecule has 21 heavy (non-hydrogen) atoms. The van der Waals surface area contributed by atoms with Crippen LogP contribution in [0.25, 0.3) is 0 Å². The molecule has 0 unspecified atom stereocenters. The Morgan fingerprint density at radius 2 is 2.00 bits per heavy atom. The maximum absolute atomic E-state index is 12.6. The molecule has 2 rings (SSSR count). The molecule has 6 heteroatoms. The SMILES string of the molecule is COC(=O)CN(C(=O)c1cc(C(C)=O)c[nH]1)C1CCCC1. The minimum absolute atomic E-state index is 0.0562. The van der Waals surface area contributed by atoms with E-state index >= 15 is 0 Å². The Labute approximate surface area is 123 Å². The number of aromatic amines is 1. The van der Waals surface area contributed by atoms with Gasteiger partial charge in [-0.15, -0.1) is 0 Å². The number of methoxy groups -OCH3 is 1. The Morgan fingerprint density at radius 3 is 2.52 bits per heavy atom. The number of hydrogen-bond acceptors (Lipinski definition) is 4. The highest BCUT2D eigenvalue weighted by Gasteiger charge is 2.30. The van der Waals surface area contributed by atoms with E-state index in [1.54, 1.807) is 4.90 Å². The van der Waals surface area contributed by atoms with Gasteiger partial charge in [0.1, 0.15) is 12.2 Å². The molecule has 0 aliphatic heterocycles. The fourth-order valence-electron chi connectivity index (χ4n) is 2.66. The van der Waals surface area contributed by atoms with E-state index in [9.17, 15) is 14.4 Å². The van der Waals surface area contributed by atoms with Crippen LogP contribution in [0.4, 0.5) is 0 Å². The van der Waals surface area contributed by atoms with Crippen LogP contribution in [-0.2, 0) is 9.53 Å². The molecule has 1 aromatic heterocycles. The smallest absolute Gasteiger partial charge is 0.325 e. The van der Waals surface area contributed by atoms with Gasteiger partial charge in [-0.25, -0.2) is 0 Å². The lowest BCUT2D eigenvalue weighted by Crippen LogP contribution is -2.42. The predicted molar refractivity (Wildman–Crippen MR) is 76.1 cm³/mol. The van der Waals surface area contributed by atoms with Crippen molar-refractivity contribution in [2.24, 2.45) is 0 Å². The molecule has 1 heterocycles. The number of nitrogens with one attached hydrogen (secondary N) is 1. The van der Waals surface area contributed by atoms with Crippen LogP contribution in [0, 0.1) is 0 Å². The van der Waals surface area contributed by atoms with E-state index < -0.39 is 5.97 Å². The maximum Gasteiger partial charge on any atom is 0.325 e. The lowest BCUT2D eigenvalue weighted by molar-refractivity contribution is -0.141. The summed E-state index contributed by atoms with van der Waals surface area (Å²) >= 11 is 0. The Balaban J connectivity index is 2.19. The van der Waals surface area contributed by atoms with Crippen LogP contribution in [0.3, 0.4) is 0 Å². The van der Waals surface area contributed by atoms with E-state index in [1.807, 2.05) is 0 Å². The number of rotatable bonds is 5. The third kappa shape index (κ3) is 3.51. The van der Waals surface area contributed by atoms with Crippen molar-refractivity contribution < 1.29 is 19.1 Å². The quantitative estimate of drug-likeness (QED) is 0.662. The number of esters is 1. The summed E-state index contributed by atoms with van der Waals surface area (Å²) in [6.45, 7) is 1.38. The van der Waals surface area contributed by atoms with Crippen LogP contribution < -0.4 is 0 Å². The summed E-state index contributed by atoms with van der Waals surface area (Å²) in [5.74, 6) is -0.806. The van der Waals surface area contributed by atoms with Gasteiger partial charge in [0.25, 0.3) is 5.91 Å². The van der Waals surface area contributed by atoms with Gasteiger partial charge >= 0.3 is 5.97 Å². The average Bonchev–Trinajstić information content (AvgIpc) is 3.14. The molecule has 0 aromatic carbocycles. The minimum Gasteiger partial charge on any atom is -0.468 e. The number of nitrogens with zero attached hydrogens (tertiary/aromatic N) is 1. The highest BCUT2D eigenvalue weighted by Crippen LogP contribution is 2.25. The zero-order valence-corrected chi connectivity index (χ0v) is 12.3. The van der Waals surface area contributed by atoms with E-state index in [-0.39, 0.29) is 24.3 Å². The first-order valence-electron chi connectivity index (χ1n) is 7.10. The number of aromatic nitrogens is 1. The molecule has 114 valence electrons. The van der Waals surface area contributed by atoms with Crippen molar-refractivity contribution in [3.63, 3.8) is 0 Å². The van der Waals surface area contributed by atoms with Crippen molar-refractivity contribution in [2.45, 2.75) is 38.6 Å². The number of amides is 1. The molecule has 0 radical (unpaired) electrons. The lowest BCUT2D eigenvalue weighted by Gasteiger charge is -2.27. The summed E-state index contributed by atoms with van der Waals surface area (Å²) < 4.78 is 4.67. The van der Waals surface area contributed by atoms with E-state index in [1.165, 1.54) is 26.3 Å². The van der Waals surface area contributed by atoms with Crippen LogP contribution >= 0.6 is 0 Å². The van der Waals surface area contributed by atoms with Gasteiger partial charge in [-0.2, -0.15) is 0 Å². The molecule has 1 aliphatic rings. The molecular formula is C15H20N2O4. The number of carbonyl (C=O) groups is 3. The minimum atomic E-state index is -0.436. The fraction of sp³-hybridized carbons (Fsp3) is 0.533. The monoisotopic (exact) mass is 292 g/mol. The standard InChI is InChI=1S/C15H20N2O4/c1-10(18)11-7-13(16-8-11)15(20)17(9-14(19)21-2)12-5-3-4-6-12/h7-8,12,16H,3-6,9H2,1-2H3. The third-order valence-electron chi connectivity index (χ3n) is 3.87. The van der Waals surface area contributed by atoms with E-state index in [0.717, 1.165) is 25.7 Å². The van der Waals surface area contributed by atoms with Gasteiger partial charge in [-0.1, -0.05) is 12.8 Å². The normalized spacial score (nSPS) is 15.0.